The summed E-state index contributed by atoms with van der Waals surface area (Å²) in [5, 5.41) is 16.1. The van der Waals surface area contributed by atoms with Gasteiger partial charge in [0.2, 0.25) is 5.82 Å². The van der Waals surface area contributed by atoms with E-state index in [9.17, 15) is 13.2 Å². The molecule has 1 aromatic carbocycles. The van der Waals surface area contributed by atoms with Crippen molar-refractivity contribution in [3.05, 3.63) is 51.2 Å². The van der Waals surface area contributed by atoms with E-state index in [1.165, 1.54) is 12.3 Å². The number of halogens is 6. The number of hydrogen-bond donors (Lipinski definition) is 2. The highest BCUT2D eigenvalue weighted by Crippen LogP contribution is 2.36. The van der Waals surface area contributed by atoms with Crippen LogP contribution in [-0.4, -0.2) is 37.8 Å². The summed E-state index contributed by atoms with van der Waals surface area (Å²) < 4.78 is 45.4. The van der Waals surface area contributed by atoms with Crippen LogP contribution in [0.2, 0.25) is 15.1 Å². The molecule has 0 bridgehead atoms. The molecule has 0 saturated carbocycles. The number of nitrogens with one attached hydrogen (secondary N) is 1. The van der Waals surface area contributed by atoms with Gasteiger partial charge < -0.3 is 19.3 Å². The minimum absolute atomic E-state index is 0.0435. The maximum Gasteiger partial charge on any atom is 0.417 e. The number of aromatic nitrogens is 4. The van der Waals surface area contributed by atoms with Crippen molar-refractivity contribution in [2.45, 2.75) is 6.18 Å². The summed E-state index contributed by atoms with van der Waals surface area (Å²) in [6.45, 7) is 0.200. The Bertz CT molecular complexity index is 1270. The topological polar surface area (TPSA) is 88.5 Å². The number of aliphatic hydroxyl groups excluding tert-OH is 1. The SMILES string of the molecule is OCCNc1cc(Cl)c(-c2noc(-c3cn4cc(C(F)(F)F)cc(Cl)c4n3)n2)cc1Cl. The summed E-state index contributed by atoms with van der Waals surface area (Å²) in [5.41, 5.74) is 0.200. The zero-order valence-corrected chi connectivity index (χ0v) is 17.5. The molecule has 31 heavy (non-hydrogen) atoms. The normalized spacial score (nSPS) is 12.0. The van der Waals surface area contributed by atoms with Gasteiger partial charge in [0, 0.05) is 24.5 Å². The number of nitrogens with zero attached hydrogens (tertiary/aromatic N) is 4. The van der Waals surface area contributed by atoms with Gasteiger partial charge in [0.05, 0.1) is 32.9 Å². The first-order valence-electron chi connectivity index (χ1n) is 8.61. The average Bonchev–Trinajstić information content (AvgIpc) is 3.34. The van der Waals surface area contributed by atoms with Crippen LogP contribution in [0.3, 0.4) is 0 Å². The lowest BCUT2D eigenvalue weighted by Crippen LogP contribution is -2.06. The Kier molecular flexibility index (Phi) is 5.73. The first-order chi connectivity index (χ1) is 14.7. The van der Waals surface area contributed by atoms with Gasteiger partial charge in [-0.25, -0.2) is 4.98 Å². The van der Waals surface area contributed by atoms with Crippen molar-refractivity contribution < 1.29 is 22.8 Å². The van der Waals surface area contributed by atoms with Gasteiger partial charge in [0.15, 0.2) is 5.65 Å². The molecule has 2 N–H and O–H groups in total. The molecule has 0 spiro atoms. The van der Waals surface area contributed by atoms with Gasteiger partial charge in [-0.2, -0.15) is 18.2 Å². The number of hydrogen-bond acceptors (Lipinski definition) is 6. The van der Waals surface area contributed by atoms with Crippen LogP contribution in [0.4, 0.5) is 18.9 Å². The van der Waals surface area contributed by atoms with Crippen molar-refractivity contribution in [1.82, 2.24) is 19.5 Å². The summed E-state index contributed by atoms with van der Waals surface area (Å²) in [6, 6.07) is 3.86. The molecule has 3 heterocycles. The molecule has 0 unspecified atom stereocenters. The predicted molar refractivity (Wildman–Crippen MR) is 110 cm³/mol. The third-order valence-corrected chi connectivity index (χ3v) is 5.11. The van der Waals surface area contributed by atoms with Gasteiger partial charge in [0.25, 0.3) is 5.89 Å². The maximum absolute atomic E-state index is 13.0. The zero-order valence-electron chi connectivity index (χ0n) is 15.2. The van der Waals surface area contributed by atoms with Crippen molar-refractivity contribution in [2.24, 2.45) is 0 Å². The van der Waals surface area contributed by atoms with E-state index in [1.807, 2.05) is 0 Å². The number of pyridine rings is 1. The Morgan fingerprint density at radius 1 is 1.03 bits per heavy atom. The molecule has 162 valence electrons. The fourth-order valence-corrected chi connectivity index (χ4v) is 3.53. The first kappa shape index (κ1) is 21.7. The Labute approximate surface area is 187 Å². The minimum Gasteiger partial charge on any atom is -0.395 e. The quantitative estimate of drug-likeness (QED) is 0.386. The second kappa shape index (κ2) is 8.19. The average molecular weight is 493 g/mol. The van der Waals surface area contributed by atoms with Crippen molar-refractivity contribution in [3.63, 3.8) is 0 Å². The van der Waals surface area contributed by atoms with Crippen LogP contribution < -0.4 is 5.32 Å². The van der Waals surface area contributed by atoms with E-state index in [-0.39, 0.29) is 46.3 Å². The predicted octanol–water partition coefficient (Wildman–Crippen LogP) is 5.43. The zero-order chi connectivity index (χ0) is 22.3. The molecule has 4 aromatic rings. The third-order valence-electron chi connectivity index (χ3n) is 4.20. The second-order valence-corrected chi connectivity index (χ2v) is 7.54. The number of rotatable bonds is 5. The number of imidazole rings is 1. The van der Waals surface area contributed by atoms with Crippen LogP contribution in [0.15, 0.2) is 35.1 Å². The van der Waals surface area contributed by atoms with Crippen molar-refractivity contribution in [1.29, 1.82) is 0 Å². The molecule has 4 rings (SSSR count). The van der Waals surface area contributed by atoms with E-state index >= 15 is 0 Å². The Morgan fingerprint density at radius 3 is 2.52 bits per heavy atom. The van der Waals surface area contributed by atoms with Crippen LogP contribution in [-0.2, 0) is 6.18 Å². The van der Waals surface area contributed by atoms with Gasteiger partial charge in [-0.15, -0.1) is 0 Å². The molecule has 0 aliphatic rings. The standard InChI is InChI=1S/C18H11Cl3F3N5O2/c19-10-5-13(25-1-2-30)11(20)4-9(10)15-27-17(31-28-15)14-7-29-6-8(18(22,23)24)3-12(21)16(29)26-14/h3-7,25,30H,1-2H2. The Balaban J connectivity index is 1.70. The van der Waals surface area contributed by atoms with Gasteiger partial charge >= 0.3 is 6.18 Å². The van der Waals surface area contributed by atoms with Crippen LogP contribution in [0.25, 0.3) is 28.6 Å². The Morgan fingerprint density at radius 2 is 1.81 bits per heavy atom. The van der Waals surface area contributed by atoms with E-state index in [0.29, 0.717) is 16.3 Å². The molecule has 0 aliphatic carbocycles. The van der Waals surface area contributed by atoms with Gasteiger partial charge in [-0.1, -0.05) is 40.0 Å². The molecule has 0 radical (unpaired) electrons. The first-order valence-corrected chi connectivity index (χ1v) is 9.74. The van der Waals surface area contributed by atoms with E-state index in [2.05, 4.69) is 20.4 Å². The molecular formula is C18H11Cl3F3N5O2. The molecular weight excluding hydrogens is 482 g/mol. The molecule has 3 aromatic heterocycles. The lowest BCUT2D eigenvalue weighted by molar-refractivity contribution is -0.137. The third kappa shape index (κ3) is 4.29. The van der Waals surface area contributed by atoms with Gasteiger partial charge in [0.1, 0.15) is 5.69 Å². The monoisotopic (exact) mass is 491 g/mol. The largest absolute Gasteiger partial charge is 0.417 e. The molecule has 0 saturated heterocycles. The summed E-state index contributed by atoms with van der Waals surface area (Å²) in [5.74, 6) is 0.0627. The number of fused-ring (bicyclic) bond motifs is 1. The summed E-state index contributed by atoms with van der Waals surface area (Å²) in [6.07, 6.45) is -2.40. The lowest BCUT2D eigenvalue weighted by atomic mass is 10.2. The van der Waals surface area contributed by atoms with E-state index in [0.717, 1.165) is 16.7 Å². The number of aliphatic hydroxyl groups is 1. The van der Waals surface area contributed by atoms with E-state index < -0.39 is 11.7 Å². The molecule has 0 aliphatic heterocycles. The van der Waals surface area contributed by atoms with E-state index in [1.54, 1.807) is 6.07 Å². The van der Waals surface area contributed by atoms with Crippen LogP contribution >= 0.6 is 34.8 Å². The van der Waals surface area contributed by atoms with Crippen molar-refractivity contribution >= 4 is 46.1 Å². The molecule has 13 heteroatoms. The maximum atomic E-state index is 13.0. The number of benzene rings is 1. The van der Waals surface area contributed by atoms with Crippen LogP contribution in [0, 0.1) is 0 Å². The molecule has 0 atom stereocenters. The van der Waals surface area contributed by atoms with Crippen LogP contribution in [0.5, 0.6) is 0 Å². The molecule has 0 amide bonds. The highest BCUT2D eigenvalue weighted by atomic mass is 35.5. The van der Waals surface area contributed by atoms with E-state index in [4.69, 9.17) is 44.4 Å². The highest BCUT2D eigenvalue weighted by molar-refractivity contribution is 6.37. The fraction of sp³-hybridized carbons (Fsp3) is 0.167. The number of alkyl halides is 3. The molecule has 7 nitrogen and oxygen atoms in total. The van der Waals surface area contributed by atoms with Crippen molar-refractivity contribution in [2.75, 3.05) is 18.5 Å². The fourth-order valence-electron chi connectivity index (χ4n) is 2.80. The number of anilines is 1. The smallest absolute Gasteiger partial charge is 0.395 e. The summed E-state index contributed by atoms with van der Waals surface area (Å²) in [7, 11) is 0. The lowest BCUT2D eigenvalue weighted by Gasteiger charge is -2.09. The van der Waals surface area contributed by atoms with Gasteiger partial charge in [-0.3, -0.25) is 0 Å². The Hall–Kier alpha value is -2.53. The van der Waals surface area contributed by atoms with Gasteiger partial charge in [-0.05, 0) is 18.2 Å². The van der Waals surface area contributed by atoms with Crippen LogP contribution in [0.1, 0.15) is 5.56 Å². The minimum atomic E-state index is -4.56. The highest BCUT2D eigenvalue weighted by Gasteiger charge is 2.32. The second-order valence-electron chi connectivity index (χ2n) is 6.32. The van der Waals surface area contributed by atoms with Crippen molar-refractivity contribution in [3.8, 4) is 23.0 Å². The summed E-state index contributed by atoms with van der Waals surface area (Å²) >= 11 is 18.5. The summed E-state index contributed by atoms with van der Waals surface area (Å²) in [4.78, 5) is 8.39. The molecule has 0 fully saturated rings.